The summed E-state index contributed by atoms with van der Waals surface area (Å²) in [6.07, 6.45) is -0.0201. The number of benzene rings is 1. The molecular formula is C13H15N5O3S. The van der Waals surface area contributed by atoms with E-state index in [2.05, 4.69) is 15.3 Å². The van der Waals surface area contributed by atoms with Crippen molar-refractivity contribution in [3.63, 3.8) is 0 Å². The summed E-state index contributed by atoms with van der Waals surface area (Å²) in [6, 6.07) is 6.93. The quantitative estimate of drug-likeness (QED) is 0.539. The molecule has 1 aromatic carbocycles. The fourth-order valence-electron chi connectivity index (χ4n) is 1.74. The zero-order valence-corrected chi connectivity index (χ0v) is 12.6. The Morgan fingerprint density at radius 1 is 1.50 bits per heavy atom. The average molecular weight is 321 g/mol. The first-order valence-corrected chi connectivity index (χ1v) is 7.18. The number of methoxy groups -OCH3 is 1. The molecule has 0 spiro atoms. The van der Waals surface area contributed by atoms with Crippen LogP contribution in [0.4, 0.5) is 5.69 Å². The molecular weight excluding hydrogens is 306 g/mol. The van der Waals surface area contributed by atoms with E-state index in [1.807, 2.05) is 0 Å². The molecule has 5 N–H and O–H groups in total. The van der Waals surface area contributed by atoms with Gasteiger partial charge in [0.15, 0.2) is 11.1 Å². The van der Waals surface area contributed by atoms with Crippen molar-refractivity contribution in [2.75, 3.05) is 12.4 Å². The van der Waals surface area contributed by atoms with Crippen molar-refractivity contribution >= 4 is 40.4 Å². The van der Waals surface area contributed by atoms with Gasteiger partial charge in [-0.2, -0.15) is 9.98 Å². The first-order valence-electron chi connectivity index (χ1n) is 6.30. The van der Waals surface area contributed by atoms with Crippen molar-refractivity contribution in [3.05, 3.63) is 24.3 Å². The van der Waals surface area contributed by atoms with Gasteiger partial charge in [0.05, 0.1) is 7.11 Å². The van der Waals surface area contributed by atoms with Gasteiger partial charge in [-0.15, -0.1) is 0 Å². The van der Waals surface area contributed by atoms with Gasteiger partial charge in [-0.25, -0.2) is 0 Å². The highest BCUT2D eigenvalue weighted by atomic mass is 32.2. The van der Waals surface area contributed by atoms with Gasteiger partial charge in [0.2, 0.25) is 5.91 Å². The van der Waals surface area contributed by atoms with Crippen LogP contribution in [0.2, 0.25) is 0 Å². The number of amidine groups is 1. The van der Waals surface area contributed by atoms with E-state index in [4.69, 9.17) is 16.2 Å². The molecule has 0 radical (unpaired) electrons. The van der Waals surface area contributed by atoms with E-state index in [0.29, 0.717) is 11.4 Å². The number of nitrogens with two attached hydrogens (primary N) is 2. The second-order valence-corrected chi connectivity index (χ2v) is 5.53. The molecule has 1 aliphatic rings. The third-order valence-corrected chi connectivity index (χ3v) is 3.72. The number of carbonyl (C=O) groups is 2. The number of guanidine groups is 1. The van der Waals surface area contributed by atoms with E-state index < -0.39 is 11.2 Å². The van der Waals surface area contributed by atoms with Crippen LogP contribution in [0, 0.1) is 0 Å². The molecule has 116 valence electrons. The maximum Gasteiger partial charge on any atom is 0.262 e. The second kappa shape index (κ2) is 6.94. The molecule has 0 saturated carbocycles. The molecule has 0 saturated heterocycles. The number of hydrogen-bond donors (Lipinski definition) is 3. The molecule has 0 aliphatic carbocycles. The highest BCUT2D eigenvalue weighted by molar-refractivity contribution is 8.15. The Morgan fingerprint density at radius 2 is 2.27 bits per heavy atom. The van der Waals surface area contributed by atoms with E-state index in [1.165, 1.54) is 7.11 Å². The van der Waals surface area contributed by atoms with Crippen LogP contribution in [-0.2, 0) is 9.59 Å². The Hall–Kier alpha value is -2.55. The molecule has 0 unspecified atom stereocenters. The molecule has 2 amide bonds. The fourth-order valence-corrected chi connectivity index (χ4v) is 2.69. The van der Waals surface area contributed by atoms with Crippen molar-refractivity contribution in [2.45, 2.75) is 11.7 Å². The lowest BCUT2D eigenvalue weighted by atomic mass is 10.2. The number of anilines is 1. The minimum absolute atomic E-state index is 0.0201. The number of aliphatic imine (C=N–C) groups is 2. The van der Waals surface area contributed by atoms with Crippen molar-refractivity contribution in [1.29, 1.82) is 0 Å². The molecule has 1 heterocycles. The van der Waals surface area contributed by atoms with E-state index >= 15 is 0 Å². The number of thioether (sulfide) groups is 1. The predicted octanol–water partition coefficient (Wildman–Crippen LogP) is 0.295. The normalized spacial score (nSPS) is 16.9. The smallest absolute Gasteiger partial charge is 0.262 e. The number of amides is 2. The Kier molecular flexibility index (Phi) is 4.99. The van der Waals surface area contributed by atoms with Crippen molar-refractivity contribution < 1.29 is 14.3 Å². The van der Waals surface area contributed by atoms with E-state index in [0.717, 1.165) is 11.8 Å². The van der Waals surface area contributed by atoms with Crippen LogP contribution in [0.15, 0.2) is 34.3 Å². The van der Waals surface area contributed by atoms with Crippen LogP contribution in [0.1, 0.15) is 6.42 Å². The summed E-state index contributed by atoms with van der Waals surface area (Å²) in [7, 11) is 1.54. The van der Waals surface area contributed by atoms with E-state index in [-0.39, 0.29) is 23.5 Å². The third-order valence-electron chi connectivity index (χ3n) is 2.68. The highest BCUT2D eigenvalue weighted by Gasteiger charge is 2.30. The van der Waals surface area contributed by atoms with Gasteiger partial charge in [0.25, 0.3) is 5.91 Å². The molecule has 9 heteroatoms. The van der Waals surface area contributed by atoms with E-state index in [1.54, 1.807) is 24.3 Å². The summed E-state index contributed by atoms with van der Waals surface area (Å²) in [4.78, 5) is 31.1. The minimum atomic E-state index is -0.622. The number of nitrogens with one attached hydrogen (secondary N) is 1. The fraction of sp³-hybridized carbons (Fsp3) is 0.231. The Bertz CT molecular complexity index is 655. The van der Waals surface area contributed by atoms with Gasteiger partial charge in [-0.1, -0.05) is 17.8 Å². The summed E-state index contributed by atoms with van der Waals surface area (Å²) in [5.74, 6) is -0.283. The number of nitrogens with zero attached hydrogens (tertiary/aromatic N) is 2. The molecule has 0 fully saturated rings. The number of rotatable bonds is 4. The summed E-state index contributed by atoms with van der Waals surface area (Å²) in [5.41, 5.74) is 11.0. The lowest BCUT2D eigenvalue weighted by Gasteiger charge is -2.09. The standard InChI is InChI=1S/C13H15N5O3S/c1-21-8-4-2-3-7(5-8)16-10(19)6-9-11(20)17-13(22-9)18-12(14)15/h2-5,9H,6H2,1H3,(H,16,19)(H4,14,15,17,18,20)/t9-/m1/s1. The highest BCUT2D eigenvalue weighted by Crippen LogP contribution is 2.26. The largest absolute Gasteiger partial charge is 0.497 e. The molecule has 22 heavy (non-hydrogen) atoms. The average Bonchev–Trinajstić information content (AvgIpc) is 2.77. The van der Waals surface area contributed by atoms with Gasteiger partial charge < -0.3 is 21.5 Å². The van der Waals surface area contributed by atoms with E-state index in [9.17, 15) is 9.59 Å². The van der Waals surface area contributed by atoms with Crippen LogP contribution in [-0.4, -0.2) is 35.3 Å². The van der Waals surface area contributed by atoms with Crippen molar-refractivity contribution in [2.24, 2.45) is 21.5 Å². The van der Waals surface area contributed by atoms with Crippen LogP contribution in [0.25, 0.3) is 0 Å². The Balaban J connectivity index is 1.93. The van der Waals surface area contributed by atoms with Gasteiger partial charge in [-0.05, 0) is 12.1 Å². The van der Waals surface area contributed by atoms with Crippen LogP contribution in [0.5, 0.6) is 5.75 Å². The van der Waals surface area contributed by atoms with Crippen LogP contribution >= 0.6 is 11.8 Å². The topological polar surface area (TPSA) is 132 Å². The summed E-state index contributed by atoms with van der Waals surface area (Å²) < 4.78 is 5.07. The van der Waals surface area contributed by atoms with Gasteiger partial charge in [0, 0.05) is 18.2 Å². The van der Waals surface area contributed by atoms with Crippen LogP contribution in [0.3, 0.4) is 0 Å². The molecule has 2 rings (SSSR count). The second-order valence-electron chi connectivity index (χ2n) is 4.36. The molecule has 8 nitrogen and oxygen atoms in total. The third kappa shape index (κ3) is 4.22. The Morgan fingerprint density at radius 3 is 2.95 bits per heavy atom. The zero-order valence-electron chi connectivity index (χ0n) is 11.8. The van der Waals surface area contributed by atoms with Crippen molar-refractivity contribution in [1.82, 2.24) is 0 Å². The number of ether oxygens (including phenoxy) is 1. The maximum atomic E-state index is 12.0. The SMILES string of the molecule is COc1cccc(NC(=O)C[C@H]2SC(N=C(N)N)=NC2=O)c1. The zero-order chi connectivity index (χ0) is 16.1. The lowest BCUT2D eigenvalue weighted by molar-refractivity contribution is -0.121. The predicted molar refractivity (Wildman–Crippen MR) is 85.9 cm³/mol. The molecule has 0 aromatic heterocycles. The Labute approximate surface area is 131 Å². The minimum Gasteiger partial charge on any atom is -0.497 e. The van der Waals surface area contributed by atoms with Gasteiger partial charge in [-0.3, -0.25) is 9.59 Å². The summed E-state index contributed by atoms with van der Waals surface area (Å²) in [6.45, 7) is 0. The van der Waals surface area contributed by atoms with Crippen LogP contribution < -0.4 is 21.5 Å². The summed E-state index contributed by atoms with van der Waals surface area (Å²) in [5, 5.41) is 2.25. The first-order chi connectivity index (χ1) is 10.5. The number of carbonyl (C=O) groups excluding carboxylic acids is 2. The molecule has 0 bridgehead atoms. The summed E-state index contributed by atoms with van der Waals surface area (Å²) >= 11 is 1.06. The number of hydrogen-bond acceptors (Lipinski definition) is 5. The van der Waals surface area contributed by atoms with Crippen molar-refractivity contribution in [3.8, 4) is 5.75 Å². The first kappa shape index (κ1) is 15.8. The molecule has 1 atom stereocenters. The lowest BCUT2D eigenvalue weighted by Crippen LogP contribution is -2.23. The molecule has 1 aliphatic heterocycles. The monoisotopic (exact) mass is 321 g/mol. The maximum absolute atomic E-state index is 12.0. The van der Waals surface area contributed by atoms with Gasteiger partial charge in [0.1, 0.15) is 11.0 Å². The molecule has 1 aromatic rings. The van der Waals surface area contributed by atoms with Gasteiger partial charge >= 0.3 is 0 Å².